The molecule has 2 aliphatic heterocycles. The number of nitrogens with zero attached hydrogens (tertiary/aromatic N) is 1. The van der Waals surface area contributed by atoms with Crippen molar-refractivity contribution in [2.45, 2.75) is 39.2 Å². The predicted octanol–water partition coefficient (Wildman–Crippen LogP) is 2.31. The number of nitrogens with one attached hydrogen (secondary N) is 1. The summed E-state index contributed by atoms with van der Waals surface area (Å²) < 4.78 is 11.6. The van der Waals surface area contributed by atoms with Gasteiger partial charge in [-0.3, -0.25) is 0 Å². The van der Waals surface area contributed by atoms with Crippen molar-refractivity contribution in [2.75, 3.05) is 44.8 Å². The average Bonchev–Trinajstić information content (AvgIpc) is 2.72. The molecule has 0 bridgehead atoms. The number of hydrogen-bond donors (Lipinski definition) is 1. The summed E-state index contributed by atoms with van der Waals surface area (Å²) in [5.74, 6) is 1.05. The number of methoxy groups -OCH3 is 1. The normalized spacial score (nSPS) is 18.3. The van der Waals surface area contributed by atoms with Crippen LogP contribution in [0.2, 0.25) is 0 Å². The highest BCUT2D eigenvalue weighted by molar-refractivity contribution is 5.69. The summed E-state index contributed by atoms with van der Waals surface area (Å²) in [6.45, 7) is 11.2. The van der Waals surface area contributed by atoms with E-state index in [-0.39, 0.29) is 5.60 Å². The molecular formula is C18H28N2O2. The Labute approximate surface area is 133 Å². The van der Waals surface area contributed by atoms with Crippen LogP contribution in [0.4, 0.5) is 5.69 Å². The monoisotopic (exact) mass is 304 g/mol. The maximum Gasteiger partial charge on any atom is 0.143 e. The molecule has 0 unspecified atom stereocenters. The van der Waals surface area contributed by atoms with Gasteiger partial charge >= 0.3 is 0 Å². The van der Waals surface area contributed by atoms with Crippen molar-refractivity contribution in [3.05, 3.63) is 22.8 Å². The van der Waals surface area contributed by atoms with Gasteiger partial charge in [-0.2, -0.15) is 0 Å². The summed E-state index contributed by atoms with van der Waals surface area (Å²) in [5.41, 5.74) is 5.47. The van der Waals surface area contributed by atoms with Crippen LogP contribution in [-0.2, 0) is 17.6 Å². The first-order valence-corrected chi connectivity index (χ1v) is 8.31. The Morgan fingerprint density at radius 1 is 1.32 bits per heavy atom. The minimum atomic E-state index is -0.157. The van der Waals surface area contributed by atoms with Crippen molar-refractivity contribution >= 4 is 5.69 Å². The van der Waals surface area contributed by atoms with Crippen LogP contribution < -0.4 is 15.0 Å². The van der Waals surface area contributed by atoms with E-state index in [0.717, 1.165) is 51.4 Å². The Morgan fingerprint density at radius 3 is 2.86 bits per heavy atom. The highest BCUT2D eigenvalue weighted by atomic mass is 16.5. The number of hydrogen-bond acceptors (Lipinski definition) is 4. The standard InChI is InChI=1S/C18H28N2O2/c1-13-15-6-8-19-7-5-14(15)11-16-17(13)20(9-10-22-16)12-18(2,3)21-4/h11,19H,5-10,12H2,1-4H3. The van der Waals surface area contributed by atoms with E-state index in [1.807, 2.05) is 0 Å². The number of anilines is 1. The molecule has 0 aromatic heterocycles. The summed E-state index contributed by atoms with van der Waals surface area (Å²) in [5, 5.41) is 3.50. The Bertz CT molecular complexity index is 555. The van der Waals surface area contributed by atoms with Crippen LogP contribution in [0.15, 0.2) is 6.07 Å². The van der Waals surface area contributed by atoms with Crippen molar-refractivity contribution in [3.8, 4) is 5.75 Å². The van der Waals surface area contributed by atoms with Crippen LogP contribution in [0, 0.1) is 6.92 Å². The van der Waals surface area contributed by atoms with E-state index in [0.29, 0.717) is 0 Å². The van der Waals surface area contributed by atoms with E-state index in [1.165, 1.54) is 22.4 Å². The molecule has 0 atom stereocenters. The molecule has 22 heavy (non-hydrogen) atoms. The van der Waals surface area contributed by atoms with Crippen molar-refractivity contribution in [1.82, 2.24) is 5.32 Å². The van der Waals surface area contributed by atoms with E-state index in [4.69, 9.17) is 9.47 Å². The quantitative estimate of drug-likeness (QED) is 0.929. The molecule has 3 rings (SSSR count). The maximum atomic E-state index is 5.99. The van der Waals surface area contributed by atoms with Crippen LogP contribution >= 0.6 is 0 Å². The van der Waals surface area contributed by atoms with Gasteiger partial charge in [-0.05, 0) is 69.5 Å². The van der Waals surface area contributed by atoms with Crippen molar-refractivity contribution < 1.29 is 9.47 Å². The molecule has 0 saturated heterocycles. The largest absolute Gasteiger partial charge is 0.490 e. The molecule has 0 amide bonds. The Morgan fingerprint density at radius 2 is 2.09 bits per heavy atom. The van der Waals surface area contributed by atoms with Gasteiger partial charge in [0, 0.05) is 13.7 Å². The lowest BCUT2D eigenvalue weighted by Crippen LogP contribution is -2.44. The number of rotatable bonds is 3. The van der Waals surface area contributed by atoms with Gasteiger partial charge in [-0.15, -0.1) is 0 Å². The molecule has 4 heteroatoms. The average molecular weight is 304 g/mol. The van der Waals surface area contributed by atoms with Gasteiger partial charge in [-0.25, -0.2) is 0 Å². The topological polar surface area (TPSA) is 33.7 Å². The molecule has 0 spiro atoms. The van der Waals surface area contributed by atoms with Gasteiger partial charge in [0.1, 0.15) is 12.4 Å². The van der Waals surface area contributed by atoms with Crippen LogP contribution in [0.5, 0.6) is 5.75 Å². The number of fused-ring (bicyclic) bond motifs is 2. The smallest absolute Gasteiger partial charge is 0.143 e. The lowest BCUT2D eigenvalue weighted by atomic mass is 9.94. The summed E-state index contributed by atoms with van der Waals surface area (Å²) in [4.78, 5) is 2.44. The number of ether oxygens (including phenoxy) is 2. The molecule has 1 aromatic carbocycles. The summed E-state index contributed by atoms with van der Waals surface area (Å²) in [7, 11) is 1.79. The van der Waals surface area contributed by atoms with E-state index in [9.17, 15) is 0 Å². The first kappa shape index (κ1) is 15.6. The zero-order valence-corrected chi connectivity index (χ0v) is 14.3. The van der Waals surface area contributed by atoms with Gasteiger partial charge in [0.2, 0.25) is 0 Å². The zero-order chi connectivity index (χ0) is 15.7. The lowest BCUT2D eigenvalue weighted by molar-refractivity contribution is 0.0280. The van der Waals surface area contributed by atoms with E-state index in [2.05, 4.69) is 37.1 Å². The fourth-order valence-corrected chi connectivity index (χ4v) is 3.58. The van der Waals surface area contributed by atoms with Gasteiger partial charge in [0.25, 0.3) is 0 Å². The molecule has 4 nitrogen and oxygen atoms in total. The minimum Gasteiger partial charge on any atom is -0.490 e. The molecule has 0 radical (unpaired) electrons. The molecule has 0 fully saturated rings. The highest BCUT2D eigenvalue weighted by Gasteiger charge is 2.29. The fourth-order valence-electron chi connectivity index (χ4n) is 3.58. The first-order valence-electron chi connectivity index (χ1n) is 8.31. The maximum absolute atomic E-state index is 5.99. The van der Waals surface area contributed by atoms with Gasteiger partial charge in [0.05, 0.1) is 17.8 Å². The van der Waals surface area contributed by atoms with Crippen LogP contribution in [0.25, 0.3) is 0 Å². The summed E-state index contributed by atoms with van der Waals surface area (Å²) >= 11 is 0. The van der Waals surface area contributed by atoms with Gasteiger partial charge < -0.3 is 19.7 Å². The molecule has 1 N–H and O–H groups in total. The molecule has 2 heterocycles. The van der Waals surface area contributed by atoms with Crippen LogP contribution in [0.3, 0.4) is 0 Å². The molecular weight excluding hydrogens is 276 g/mol. The molecule has 0 aliphatic carbocycles. The minimum absolute atomic E-state index is 0.157. The predicted molar refractivity (Wildman–Crippen MR) is 90.3 cm³/mol. The van der Waals surface area contributed by atoms with E-state index < -0.39 is 0 Å². The Hall–Kier alpha value is -1.26. The summed E-state index contributed by atoms with van der Waals surface area (Å²) in [6.07, 6.45) is 2.20. The van der Waals surface area contributed by atoms with Crippen molar-refractivity contribution in [3.63, 3.8) is 0 Å². The molecule has 0 saturated carbocycles. The molecule has 2 aliphatic rings. The van der Waals surface area contributed by atoms with Gasteiger partial charge in [-0.1, -0.05) is 0 Å². The third kappa shape index (κ3) is 2.95. The summed E-state index contributed by atoms with van der Waals surface area (Å²) in [6, 6.07) is 2.27. The van der Waals surface area contributed by atoms with Crippen molar-refractivity contribution in [1.29, 1.82) is 0 Å². The Kier molecular flexibility index (Phi) is 4.33. The second kappa shape index (κ2) is 6.09. The third-order valence-electron chi connectivity index (χ3n) is 4.92. The third-order valence-corrected chi connectivity index (χ3v) is 4.92. The molecule has 1 aromatic rings. The molecule has 122 valence electrons. The van der Waals surface area contributed by atoms with Crippen LogP contribution in [0.1, 0.15) is 30.5 Å². The zero-order valence-electron chi connectivity index (χ0n) is 14.3. The second-order valence-electron chi connectivity index (χ2n) is 6.97. The second-order valence-corrected chi connectivity index (χ2v) is 6.97. The SMILES string of the molecule is COC(C)(C)CN1CCOc2cc3c(c(C)c21)CCNCC3. The number of benzene rings is 1. The Balaban J connectivity index is 2.00. The van der Waals surface area contributed by atoms with E-state index >= 15 is 0 Å². The first-order chi connectivity index (χ1) is 10.5. The van der Waals surface area contributed by atoms with E-state index in [1.54, 1.807) is 7.11 Å². The van der Waals surface area contributed by atoms with Gasteiger partial charge in [0.15, 0.2) is 0 Å². The lowest BCUT2D eigenvalue weighted by Gasteiger charge is -2.38. The highest BCUT2D eigenvalue weighted by Crippen LogP contribution is 2.40. The van der Waals surface area contributed by atoms with Crippen LogP contribution in [-0.4, -0.2) is 45.5 Å². The fraction of sp³-hybridized carbons (Fsp3) is 0.667. The van der Waals surface area contributed by atoms with Crippen molar-refractivity contribution in [2.24, 2.45) is 0 Å².